The number of rotatable bonds is 3. The second-order valence-electron chi connectivity index (χ2n) is 3.31. The number of urea groups is 2. The lowest BCUT2D eigenvalue weighted by Crippen LogP contribution is -2.45. The molecule has 0 aromatic carbocycles. The Morgan fingerprint density at radius 3 is 2.73 bits per heavy atom. The second kappa shape index (κ2) is 3.30. The summed E-state index contributed by atoms with van der Waals surface area (Å²) in [6.45, 7) is 0.0112. The molecule has 0 bridgehead atoms. The number of nitrogens with one attached hydrogen (secondary N) is 3. The normalized spacial score (nSPS) is 28.1. The molecule has 8 nitrogen and oxygen atoms in total. The smallest absolute Gasteiger partial charge is 0.320 e. The Bertz CT molecular complexity index is 331. The SMILES string of the molecule is O=C([O-])CCN1C(=O)N[C@@H]2NC(=O)N[C@@H]21. The standard InChI is InChI=1S/C7H10N4O4/c12-3(13)1-2-11-5-4(9-7(11)15)8-6(14)10-5/h4-5H,1-2H2,(H,9,15)(H,12,13)(H2,8,10,14)/p-1/t4-,5+/m0/s1. The van der Waals surface area contributed by atoms with Gasteiger partial charge in [-0.25, -0.2) is 9.59 Å². The maximum atomic E-state index is 11.3. The Balaban J connectivity index is 2.00. The van der Waals surface area contributed by atoms with Gasteiger partial charge in [0.05, 0.1) is 0 Å². The monoisotopic (exact) mass is 213 g/mol. The van der Waals surface area contributed by atoms with Crippen LogP contribution in [0.1, 0.15) is 6.42 Å². The third-order valence-electron chi connectivity index (χ3n) is 2.31. The Kier molecular flexibility index (Phi) is 2.10. The second-order valence-corrected chi connectivity index (χ2v) is 3.31. The van der Waals surface area contributed by atoms with E-state index in [2.05, 4.69) is 16.0 Å². The van der Waals surface area contributed by atoms with Gasteiger partial charge in [-0.1, -0.05) is 0 Å². The average Bonchev–Trinajstić information content (AvgIpc) is 2.57. The Labute approximate surface area is 84.6 Å². The van der Waals surface area contributed by atoms with Gasteiger partial charge in [0.1, 0.15) is 12.3 Å². The zero-order chi connectivity index (χ0) is 11.0. The summed E-state index contributed by atoms with van der Waals surface area (Å²) in [5.41, 5.74) is 0. The first-order chi connectivity index (χ1) is 7.08. The molecule has 2 fully saturated rings. The van der Waals surface area contributed by atoms with Crippen LogP contribution < -0.4 is 21.1 Å². The van der Waals surface area contributed by atoms with Gasteiger partial charge in [0.15, 0.2) is 0 Å². The Morgan fingerprint density at radius 1 is 1.33 bits per heavy atom. The molecule has 15 heavy (non-hydrogen) atoms. The van der Waals surface area contributed by atoms with Crippen molar-refractivity contribution in [3.63, 3.8) is 0 Å². The molecule has 0 aromatic heterocycles. The number of hydrogen-bond acceptors (Lipinski definition) is 4. The van der Waals surface area contributed by atoms with Gasteiger partial charge < -0.3 is 30.8 Å². The highest BCUT2D eigenvalue weighted by Crippen LogP contribution is 2.13. The molecule has 2 atom stereocenters. The van der Waals surface area contributed by atoms with Crippen molar-refractivity contribution < 1.29 is 19.5 Å². The third-order valence-corrected chi connectivity index (χ3v) is 2.31. The largest absolute Gasteiger partial charge is 0.550 e. The van der Waals surface area contributed by atoms with Crippen molar-refractivity contribution in [3.8, 4) is 0 Å². The van der Waals surface area contributed by atoms with Crippen molar-refractivity contribution in [1.29, 1.82) is 0 Å². The van der Waals surface area contributed by atoms with E-state index in [1.54, 1.807) is 0 Å². The predicted octanol–water partition coefficient (Wildman–Crippen LogP) is -2.88. The van der Waals surface area contributed by atoms with Crippen LogP contribution in [-0.2, 0) is 4.79 Å². The minimum atomic E-state index is -1.23. The van der Waals surface area contributed by atoms with E-state index in [4.69, 9.17) is 0 Å². The van der Waals surface area contributed by atoms with Crippen molar-refractivity contribution in [2.75, 3.05) is 6.54 Å². The molecule has 82 valence electrons. The van der Waals surface area contributed by atoms with Gasteiger partial charge in [0, 0.05) is 18.9 Å². The molecule has 2 saturated heterocycles. The van der Waals surface area contributed by atoms with Gasteiger partial charge in [-0.2, -0.15) is 0 Å². The van der Waals surface area contributed by atoms with E-state index in [1.807, 2.05) is 0 Å². The number of fused-ring (bicyclic) bond motifs is 1. The summed E-state index contributed by atoms with van der Waals surface area (Å²) in [5, 5.41) is 17.7. The van der Waals surface area contributed by atoms with Crippen molar-refractivity contribution in [2.24, 2.45) is 0 Å². The minimum Gasteiger partial charge on any atom is -0.550 e. The Hall–Kier alpha value is -1.99. The lowest BCUT2D eigenvalue weighted by atomic mass is 10.3. The average molecular weight is 213 g/mol. The highest BCUT2D eigenvalue weighted by molar-refractivity contribution is 5.85. The number of hydrogen-bond donors (Lipinski definition) is 3. The summed E-state index contributed by atoms with van der Waals surface area (Å²) in [5.74, 6) is -1.23. The van der Waals surface area contributed by atoms with Crippen molar-refractivity contribution in [3.05, 3.63) is 0 Å². The van der Waals surface area contributed by atoms with Crippen LogP contribution in [0.5, 0.6) is 0 Å². The van der Waals surface area contributed by atoms with Crippen molar-refractivity contribution in [2.45, 2.75) is 18.8 Å². The molecule has 3 N–H and O–H groups in total. The van der Waals surface area contributed by atoms with Crippen LogP contribution in [0.3, 0.4) is 0 Å². The molecule has 0 spiro atoms. The number of aliphatic carboxylic acids is 1. The maximum Gasteiger partial charge on any atom is 0.320 e. The fourth-order valence-electron chi connectivity index (χ4n) is 1.65. The summed E-state index contributed by atoms with van der Waals surface area (Å²) in [6.07, 6.45) is -1.27. The molecule has 0 unspecified atom stereocenters. The van der Waals surface area contributed by atoms with Gasteiger partial charge in [-0.05, 0) is 0 Å². The number of amides is 4. The number of carbonyl (C=O) groups excluding carboxylic acids is 3. The molecule has 0 aliphatic carbocycles. The van der Waals surface area contributed by atoms with Gasteiger partial charge in [0.2, 0.25) is 0 Å². The van der Waals surface area contributed by atoms with Gasteiger partial charge in [0.25, 0.3) is 0 Å². The first-order valence-electron chi connectivity index (χ1n) is 4.42. The molecule has 2 rings (SSSR count). The van der Waals surface area contributed by atoms with Gasteiger partial charge >= 0.3 is 12.1 Å². The number of nitrogens with zero attached hydrogens (tertiary/aromatic N) is 1. The molecule has 0 aromatic rings. The van der Waals surface area contributed by atoms with Gasteiger partial charge in [-0.15, -0.1) is 0 Å². The molecule has 2 heterocycles. The fraction of sp³-hybridized carbons (Fsp3) is 0.571. The summed E-state index contributed by atoms with van der Waals surface area (Å²) < 4.78 is 0. The molecule has 0 saturated carbocycles. The first-order valence-corrected chi connectivity index (χ1v) is 4.42. The number of carbonyl (C=O) groups is 3. The summed E-state index contributed by atoms with van der Waals surface area (Å²) >= 11 is 0. The lowest BCUT2D eigenvalue weighted by molar-refractivity contribution is -0.305. The summed E-state index contributed by atoms with van der Waals surface area (Å²) in [4.78, 5) is 33.7. The van der Waals surface area contributed by atoms with E-state index in [9.17, 15) is 19.5 Å². The van der Waals surface area contributed by atoms with Crippen molar-refractivity contribution in [1.82, 2.24) is 20.9 Å². The minimum absolute atomic E-state index is 0.0112. The van der Waals surface area contributed by atoms with Crippen LogP contribution in [0, 0.1) is 0 Å². The van der Waals surface area contributed by atoms with E-state index < -0.39 is 24.3 Å². The Morgan fingerprint density at radius 2 is 2.07 bits per heavy atom. The van der Waals surface area contributed by atoms with Crippen LogP contribution in [-0.4, -0.2) is 41.8 Å². The zero-order valence-electron chi connectivity index (χ0n) is 7.65. The number of carboxylic acids is 1. The van der Waals surface area contributed by atoms with E-state index in [1.165, 1.54) is 4.90 Å². The van der Waals surface area contributed by atoms with Crippen LogP contribution in [0.15, 0.2) is 0 Å². The molecule has 2 aliphatic rings. The summed E-state index contributed by atoms with van der Waals surface area (Å²) in [7, 11) is 0. The number of carboxylic acid groups (broad SMARTS) is 1. The maximum absolute atomic E-state index is 11.3. The third kappa shape index (κ3) is 1.65. The molecule has 8 heteroatoms. The lowest BCUT2D eigenvalue weighted by Gasteiger charge is -2.20. The van der Waals surface area contributed by atoms with Crippen LogP contribution in [0.25, 0.3) is 0 Å². The fourth-order valence-corrected chi connectivity index (χ4v) is 1.65. The highest BCUT2D eigenvalue weighted by Gasteiger charge is 2.44. The molecule has 4 amide bonds. The quantitative estimate of drug-likeness (QED) is 0.467. The molecule has 0 radical (unpaired) electrons. The van der Waals surface area contributed by atoms with Crippen molar-refractivity contribution >= 4 is 18.0 Å². The van der Waals surface area contributed by atoms with Crippen LogP contribution in [0.4, 0.5) is 9.59 Å². The predicted molar refractivity (Wildman–Crippen MR) is 44.1 cm³/mol. The molecule has 2 aliphatic heterocycles. The van der Waals surface area contributed by atoms with Crippen LogP contribution in [0.2, 0.25) is 0 Å². The van der Waals surface area contributed by atoms with E-state index >= 15 is 0 Å². The topological polar surface area (TPSA) is 114 Å². The van der Waals surface area contributed by atoms with E-state index in [0.29, 0.717) is 0 Å². The summed E-state index contributed by atoms with van der Waals surface area (Å²) in [6, 6.07) is -0.790. The highest BCUT2D eigenvalue weighted by atomic mass is 16.4. The van der Waals surface area contributed by atoms with Crippen LogP contribution >= 0.6 is 0 Å². The molecular formula is C7H9N4O4-. The first kappa shape index (κ1) is 9.56. The molecular weight excluding hydrogens is 204 g/mol. The van der Waals surface area contributed by atoms with Gasteiger partial charge in [-0.3, -0.25) is 0 Å². The van der Waals surface area contributed by atoms with E-state index in [-0.39, 0.29) is 19.0 Å². The zero-order valence-corrected chi connectivity index (χ0v) is 7.65. The van der Waals surface area contributed by atoms with E-state index in [0.717, 1.165) is 0 Å².